The molecule has 17 heavy (non-hydrogen) atoms. The van der Waals surface area contributed by atoms with Crippen LogP contribution >= 0.6 is 0 Å². The average Bonchev–Trinajstić information content (AvgIpc) is 2.54. The molecule has 1 aromatic rings. The maximum atomic E-state index is 10.0. The van der Waals surface area contributed by atoms with Crippen LogP contribution in [0.25, 0.3) is 0 Å². The monoisotopic (exact) mass is 237 g/mol. The Bertz CT molecular complexity index is 380. The smallest absolute Gasteiger partial charge is 0.334 e. The molecule has 0 atom stereocenters. The lowest BCUT2D eigenvalue weighted by molar-refractivity contribution is -0.0893. The lowest BCUT2D eigenvalue weighted by Crippen LogP contribution is -2.49. The summed E-state index contributed by atoms with van der Waals surface area (Å²) < 4.78 is 5.73. The summed E-state index contributed by atoms with van der Waals surface area (Å²) in [6.07, 6.45) is 0.850. The molecule has 0 fully saturated rings. The minimum atomic E-state index is -0.909. The summed E-state index contributed by atoms with van der Waals surface area (Å²) in [6.45, 7) is 11.2. The van der Waals surface area contributed by atoms with Gasteiger partial charge in [-0.15, -0.1) is 0 Å². The number of nitrogens with one attached hydrogen (secondary N) is 1. The number of aryl methyl sites for hydroxylation is 2. The number of aromatic nitrogens is 2. The molecule has 0 saturated heterocycles. The van der Waals surface area contributed by atoms with Crippen LogP contribution < -0.4 is 5.46 Å². The first-order chi connectivity index (χ1) is 7.69. The Morgan fingerprint density at radius 1 is 1.35 bits per heavy atom. The minimum absolute atomic E-state index is 0.651. The summed E-state index contributed by atoms with van der Waals surface area (Å²) in [5.74, 6) is 0. The van der Waals surface area contributed by atoms with Crippen LogP contribution in [0, 0.1) is 6.92 Å². The quantitative estimate of drug-likeness (QED) is 0.753. The van der Waals surface area contributed by atoms with Gasteiger partial charge in [0.1, 0.15) is 0 Å². The van der Waals surface area contributed by atoms with Crippen molar-refractivity contribution in [2.24, 2.45) is 0 Å². The van der Waals surface area contributed by atoms with E-state index in [0.29, 0.717) is 0 Å². The first-order valence-corrected chi connectivity index (χ1v) is 5.96. The Morgan fingerprint density at radius 3 is 2.41 bits per heavy atom. The van der Waals surface area contributed by atoms with Crippen molar-refractivity contribution in [1.29, 1.82) is 0 Å². The molecule has 1 heterocycles. The second-order valence-electron chi connectivity index (χ2n) is 5.37. The molecule has 1 aromatic heterocycles. The summed E-state index contributed by atoms with van der Waals surface area (Å²) in [7, 11) is 1.69. The van der Waals surface area contributed by atoms with E-state index in [9.17, 15) is 5.11 Å². The molecule has 1 rings (SSSR count). The van der Waals surface area contributed by atoms with E-state index in [1.54, 1.807) is 21.3 Å². The predicted octanol–water partition coefficient (Wildman–Crippen LogP) is 1.09. The topological polar surface area (TPSA) is 58.1 Å². The van der Waals surface area contributed by atoms with Crippen molar-refractivity contribution in [3.05, 3.63) is 11.4 Å². The number of aliphatic hydroxyl groups is 1. The maximum Gasteiger partial charge on any atom is 0.334 e. The van der Waals surface area contributed by atoms with Gasteiger partial charge in [-0.3, -0.25) is 5.10 Å². The van der Waals surface area contributed by atoms with E-state index in [-0.39, 0.29) is 0 Å². The van der Waals surface area contributed by atoms with Gasteiger partial charge in [-0.05, 0) is 46.5 Å². The molecule has 0 saturated carbocycles. The summed E-state index contributed by atoms with van der Waals surface area (Å²) >= 11 is 0. The van der Waals surface area contributed by atoms with E-state index in [2.05, 4.69) is 10.2 Å². The molecular formula is C12H22BN2O2. The van der Waals surface area contributed by atoms with Gasteiger partial charge in [0.2, 0.25) is 0 Å². The van der Waals surface area contributed by atoms with Gasteiger partial charge in [0.05, 0.1) is 16.9 Å². The van der Waals surface area contributed by atoms with E-state index in [1.807, 2.05) is 27.7 Å². The van der Waals surface area contributed by atoms with Crippen molar-refractivity contribution in [2.45, 2.75) is 59.2 Å². The van der Waals surface area contributed by atoms with Crippen LogP contribution in [0.3, 0.4) is 0 Å². The largest absolute Gasteiger partial charge is 0.426 e. The third kappa shape index (κ3) is 3.10. The molecule has 5 heteroatoms. The first-order valence-electron chi connectivity index (χ1n) is 5.96. The van der Waals surface area contributed by atoms with Crippen LogP contribution in [0.2, 0.25) is 0 Å². The van der Waals surface area contributed by atoms with Gasteiger partial charge in [-0.2, -0.15) is 5.10 Å². The van der Waals surface area contributed by atoms with Crippen LogP contribution in [0.5, 0.6) is 0 Å². The fourth-order valence-corrected chi connectivity index (χ4v) is 1.26. The zero-order chi connectivity index (χ0) is 13.3. The lowest BCUT2D eigenvalue weighted by atomic mass is 9.81. The molecule has 95 valence electrons. The zero-order valence-electron chi connectivity index (χ0n) is 11.6. The molecule has 2 N–H and O–H groups in total. The molecular weight excluding hydrogens is 215 g/mol. The van der Waals surface area contributed by atoms with Crippen molar-refractivity contribution in [3.8, 4) is 0 Å². The maximum absolute atomic E-state index is 10.0. The van der Waals surface area contributed by atoms with E-state index < -0.39 is 11.2 Å². The molecule has 4 nitrogen and oxygen atoms in total. The van der Waals surface area contributed by atoms with Gasteiger partial charge in [0.25, 0.3) is 0 Å². The van der Waals surface area contributed by atoms with Crippen molar-refractivity contribution < 1.29 is 9.76 Å². The van der Waals surface area contributed by atoms with Crippen LogP contribution in [-0.2, 0) is 11.1 Å². The minimum Gasteiger partial charge on any atom is -0.426 e. The third-order valence-corrected chi connectivity index (χ3v) is 3.35. The summed E-state index contributed by atoms with van der Waals surface area (Å²) in [4.78, 5) is 0. The normalized spacial score (nSPS) is 12.9. The molecule has 0 aliphatic carbocycles. The van der Waals surface area contributed by atoms with Crippen molar-refractivity contribution in [3.63, 3.8) is 0 Å². The van der Waals surface area contributed by atoms with Gasteiger partial charge in [0, 0.05) is 5.69 Å². The molecule has 0 spiro atoms. The van der Waals surface area contributed by atoms with Gasteiger partial charge in [-0.1, -0.05) is 6.92 Å². The Balaban J connectivity index is 2.77. The van der Waals surface area contributed by atoms with Crippen LogP contribution in [-0.4, -0.2) is 34.0 Å². The second kappa shape index (κ2) is 4.82. The highest BCUT2D eigenvalue weighted by Gasteiger charge is 2.36. The predicted molar refractivity (Wildman–Crippen MR) is 69.6 cm³/mol. The Labute approximate surface area is 104 Å². The standard InChI is InChI=1S/C12H22BN2O2/c1-7-9-10(8(2)14-15-9)13-17-12(5,6)11(3,4)16/h16H,7H2,1-6H3,(H,14,15). The number of hydrogen-bond acceptors (Lipinski definition) is 3. The average molecular weight is 237 g/mol. The van der Waals surface area contributed by atoms with Crippen molar-refractivity contribution in [1.82, 2.24) is 10.2 Å². The Kier molecular flexibility index (Phi) is 4.04. The highest BCUT2D eigenvalue weighted by molar-refractivity contribution is 6.48. The summed E-state index contributed by atoms with van der Waals surface area (Å²) in [5, 5.41) is 17.1. The van der Waals surface area contributed by atoms with Gasteiger partial charge in [-0.25, -0.2) is 0 Å². The highest BCUT2D eigenvalue weighted by Crippen LogP contribution is 2.24. The van der Waals surface area contributed by atoms with Crippen LogP contribution in [0.4, 0.5) is 0 Å². The number of aromatic amines is 1. The van der Waals surface area contributed by atoms with Crippen LogP contribution in [0.15, 0.2) is 0 Å². The van der Waals surface area contributed by atoms with Crippen LogP contribution in [0.1, 0.15) is 46.0 Å². The van der Waals surface area contributed by atoms with E-state index >= 15 is 0 Å². The molecule has 0 aliphatic rings. The Morgan fingerprint density at radius 2 is 1.94 bits per heavy atom. The summed E-state index contributed by atoms with van der Waals surface area (Å²) in [5.41, 5.74) is 1.38. The molecule has 0 aliphatic heterocycles. The molecule has 0 amide bonds. The Hall–Kier alpha value is -0.805. The number of nitrogens with zero attached hydrogens (tertiary/aromatic N) is 1. The molecule has 1 radical (unpaired) electrons. The number of H-pyrrole nitrogens is 1. The third-order valence-electron chi connectivity index (χ3n) is 3.35. The highest BCUT2D eigenvalue weighted by atomic mass is 16.5. The van der Waals surface area contributed by atoms with E-state index in [1.165, 1.54) is 0 Å². The SMILES string of the molecule is CCc1n[nH]c(C)c1[B]OC(C)(C)C(C)(C)O. The lowest BCUT2D eigenvalue weighted by Gasteiger charge is -2.37. The van der Waals surface area contributed by atoms with Crippen molar-refractivity contribution >= 4 is 12.9 Å². The fourth-order valence-electron chi connectivity index (χ4n) is 1.26. The van der Waals surface area contributed by atoms with Crippen molar-refractivity contribution in [2.75, 3.05) is 0 Å². The van der Waals surface area contributed by atoms with E-state index in [0.717, 1.165) is 23.3 Å². The second-order valence-corrected chi connectivity index (χ2v) is 5.37. The molecule has 0 aromatic carbocycles. The molecule has 0 unspecified atom stereocenters. The van der Waals surface area contributed by atoms with Gasteiger partial charge in [0.15, 0.2) is 0 Å². The van der Waals surface area contributed by atoms with E-state index in [4.69, 9.17) is 4.65 Å². The summed E-state index contributed by atoms with van der Waals surface area (Å²) in [6, 6.07) is 0. The number of hydrogen-bond donors (Lipinski definition) is 2. The first kappa shape index (κ1) is 14.3. The fraction of sp³-hybridized carbons (Fsp3) is 0.750. The number of rotatable bonds is 5. The van der Waals surface area contributed by atoms with Gasteiger partial charge < -0.3 is 9.76 Å². The van der Waals surface area contributed by atoms with Gasteiger partial charge >= 0.3 is 7.48 Å². The molecule has 0 bridgehead atoms. The zero-order valence-corrected chi connectivity index (χ0v) is 11.6.